The number of ether oxygens (including phenoxy) is 1. The molecule has 1 atom stereocenters. The van der Waals surface area contributed by atoms with Gasteiger partial charge in [0, 0.05) is 19.3 Å². The zero-order valence-electron chi connectivity index (χ0n) is 16.6. The summed E-state index contributed by atoms with van der Waals surface area (Å²) in [4.78, 5) is 32.1. The van der Waals surface area contributed by atoms with Gasteiger partial charge < -0.3 is 15.0 Å². The lowest BCUT2D eigenvalue weighted by molar-refractivity contribution is -0.130. The Hall–Kier alpha value is -2.89. The highest BCUT2D eigenvalue weighted by Crippen LogP contribution is 2.33. The van der Waals surface area contributed by atoms with Crippen molar-refractivity contribution in [3.63, 3.8) is 0 Å². The van der Waals surface area contributed by atoms with Crippen molar-refractivity contribution in [3.05, 3.63) is 54.2 Å². The number of nitrogens with one attached hydrogen (secondary N) is 1. The van der Waals surface area contributed by atoms with Gasteiger partial charge in [-0.15, -0.1) is 0 Å². The number of pyridine rings is 1. The van der Waals surface area contributed by atoms with E-state index in [0.717, 1.165) is 6.42 Å². The van der Waals surface area contributed by atoms with Crippen LogP contribution < -0.4 is 10.1 Å². The highest BCUT2D eigenvalue weighted by Gasteiger charge is 2.46. The van der Waals surface area contributed by atoms with Gasteiger partial charge >= 0.3 is 0 Å². The number of hydrogen-bond acceptors (Lipinski definition) is 4. The van der Waals surface area contributed by atoms with Crippen LogP contribution >= 0.6 is 0 Å². The van der Waals surface area contributed by atoms with Gasteiger partial charge in [-0.1, -0.05) is 32.0 Å². The Morgan fingerprint density at radius 1 is 1.21 bits per heavy atom. The number of hydrogen-bond donors (Lipinski definition) is 1. The van der Waals surface area contributed by atoms with Crippen molar-refractivity contribution in [1.29, 1.82) is 0 Å². The Labute approximate surface area is 165 Å². The van der Waals surface area contributed by atoms with E-state index in [1.807, 2.05) is 51.1 Å². The summed E-state index contributed by atoms with van der Waals surface area (Å²) in [6, 6.07) is 12.6. The molecular formula is C22H27N3O3. The van der Waals surface area contributed by atoms with Crippen LogP contribution in [0, 0.1) is 5.92 Å². The molecule has 1 saturated heterocycles. The van der Waals surface area contributed by atoms with Crippen molar-refractivity contribution < 1.29 is 14.3 Å². The molecule has 0 spiro atoms. The fourth-order valence-corrected chi connectivity index (χ4v) is 3.39. The van der Waals surface area contributed by atoms with E-state index in [4.69, 9.17) is 4.74 Å². The molecule has 0 aliphatic carbocycles. The molecule has 3 rings (SSSR count). The van der Waals surface area contributed by atoms with Gasteiger partial charge in [-0.25, -0.2) is 4.98 Å². The quantitative estimate of drug-likeness (QED) is 0.829. The third-order valence-electron chi connectivity index (χ3n) is 5.01. The summed E-state index contributed by atoms with van der Waals surface area (Å²) < 4.78 is 5.84. The fourth-order valence-electron chi connectivity index (χ4n) is 3.39. The van der Waals surface area contributed by atoms with E-state index in [-0.39, 0.29) is 17.7 Å². The molecule has 1 aromatic heterocycles. The number of rotatable bonds is 6. The molecule has 2 heterocycles. The van der Waals surface area contributed by atoms with E-state index in [2.05, 4.69) is 10.3 Å². The minimum Gasteiger partial charge on any atom is -0.438 e. The Morgan fingerprint density at radius 3 is 2.68 bits per heavy atom. The van der Waals surface area contributed by atoms with Gasteiger partial charge in [0.15, 0.2) is 0 Å². The Kier molecular flexibility index (Phi) is 5.97. The van der Waals surface area contributed by atoms with Gasteiger partial charge in [0.05, 0.1) is 0 Å². The lowest BCUT2D eigenvalue weighted by Gasteiger charge is -2.34. The summed E-state index contributed by atoms with van der Waals surface area (Å²) in [7, 11) is 0. The fraction of sp³-hybridized carbons (Fsp3) is 0.409. The van der Waals surface area contributed by atoms with Crippen LogP contribution in [0.15, 0.2) is 48.7 Å². The van der Waals surface area contributed by atoms with E-state index < -0.39 is 5.54 Å². The van der Waals surface area contributed by atoms with Crippen LogP contribution in [0.4, 0.5) is 0 Å². The molecular weight excluding hydrogens is 354 g/mol. The van der Waals surface area contributed by atoms with Crippen LogP contribution in [0.1, 0.15) is 44.0 Å². The van der Waals surface area contributed by atoms with E-state index in [1.54, 1.807) is 23.2 Å². The SMILES string of the molecule is CC(C)CNC(=O)C1(C)CCCN1C(=O)c1cccnc1Oc1ccccc1. The van der Waals surface area contributed by atoms with Crippen LogP contribution in [0.2, 0.25) is 0 Å². The molecule has 1 fully saturated rings. The minimum absolute atomic E-state index is 0.110. The molecule has 28 heavy (non-hydrogen) atoms. The molecule has 1 N–H and O–H groups in total. The van der Waals surface area contributed by atoms with Gasteiger partial charge in [-0.2, -0.15) is 0 Å². The Morgan fingerprint density at radius 2 is 1.96 bits per heavy atom. The van der Waals surface area contributed by atoms with Gasteiger partial charge in [0.25, 0.3) is 5.91 Å². The Balaban J connectivity index is 1.84. The first-order chi connectivity index (χ1) is 13.4. The first-order valence-electron chi connectivity index (χ1n) is 9.70. The van der Waals surface area contributed by atoms with Gasteiger partial charge in [0.2, 0.25) is 11.8 Å². The maximum Gasteiger partial charge on any atom is 0.260 e. The molecule has 1 unspecified atom stereocenters. The van der Waals surface area contributed by atoms with E-state index >= 15 is 0 Å². The minimum atomic E-state index is -0.869. The number of carbonyl (C=O) groups is 2. The summed E-state index contributed by atoms with van der Waals surface area (Å²) in [5, 5.41) is 2.98. The third-order valence-corrected chi connectivity index (χ3v) is 5.01. The van der Waals surface area contributed by atoms with Crippen molar-refractivity contribution in [1.82, 2.24) is 15.2 Å². The van der Waals surface area contributed by atoms with Crippen molar-refractivity contribution in [2.24, 2.45) is 5.92 Å². The standard InChI is InChI=1S/C22H27N3O3/c1-16(2)15-24-21(27)22(3)12-8-14-25(22)20(26)18-11-7-13-23-19(18)28-17-9-5-4-6-10-17/h4-7,9-11,13,16H,8,12,14-15H2,1-3H3,(H,24,27). The molecule has 0 bridgehead atoms. The van der Waals surface area contributed by atoms with E-state index in [0.29, 0.717) is 36.7 Å². The third kappa shape index (κ3) is 4.16. The summed E-state index contributed by atoms with van der Waals surface area (Å²) in [6.07, 6.45) is 3.01. The Bertz CT molecular complexity index is 838. The predicted octanol–water partition coefficient (Wildman–Crippen LogP) is 3.64. The zero-order valence-corrected chi connectivity index (χ0v) is 16.6. The summed E-state index contributed by atoms with van der Waals surface area (Å²) in [5.74, 6) is 0.854. The molecule has 1 aliphatic heterocycles. The number of carbonyl (C=O) groups excluding carboxylic acids is 2. The molecule has 0 saturated carbocycles. The van der Waals surface area contributed by atoms with Gasteiger partial charge in [0.1, 0.15) is 16.9 Å². The number of benzene rings is 1. The first kappa shape index (κ1) is 19.9. The van der Waals surface area contributed by atoms with Gasteiger partial charge in [-0.05, 0) is 49.9 Å². The molecule has 1 aromatic carbocycles. The maximum atomic E-state index is 13.3. The van der Waals surface area contributed by atoms with Crippen molar-refractivity contribution in [2.75, 3.05) is 13.1 Å². The number of para-hydroxylation sites is 1. The van der Waals surface area contributed by atoms with Crippen LogP contribution in [-0.4, -0.2) is 40.3 Å². The number of likely N-dealkylation sites (tertiary alicyclic amines) is 1. The topological polar surface area (TPSA) is 71.5 Å². The smallest absolute Gasteiger partial charge is 0.260 e. The lowest BCUT2D eigenvalue weighted by Crippen LogP contribution is -2.55. The van der Waals surface area contributed by atoms with E-state index in [1.165, 1.54) is 0 Å². The normalized spacial score (nSPS) is 18.9. The molecule has 2 aromatic rings. The van der Waals surface area contributed by atoms with Crippen LogP contribution in [0.3, 0.4) is 0 Å². The summed E-state index contributed by atoms with van der Waals surface area (Å²) in [6.45, 7) is 7.05. The zero-order chi connectivity index (χ0) is 20.1. The second-order valence-corrected chi connectivity index (χ2v) is 7.71. The molecule has 6 nitrogen and oxygen atoms in total. The maximum absolute atomic E-state index is 13.3. The largest absolute Gasteiger partial charge is 0.438 e. The van der Waals surface area contributed by atoms with Crippen LogP contribution in [0.25, 0.3) is 0 Å². The van der Waals surface area contributed by atoms with Crippen LogP contribution in [0.5, 0.6) is 11.6 Å². The van der Waals surface area contributed by atoms with Crippen LogP contribution in [-0.2, 0) is 4.79 Å². The molecule has 0 radical (unpaired) electrons. The second-order valence-electron chi connectivity index (χ2n) is 7.71. The average Bonchev–Trinajstić information content (AvgIpc) is 3.09. The summed E-state index contributed by atoms with van der Waals surface area (Å²) in [5.41, 5.74) is -0.512. The monoisotopic (exact) mass is 381 g/mol. The van der Waals surface area contributed by atoms with Crippen molar-refractivity contribution in [2.45, 2.75) is 39.2 Å². The summed E-state index contributed by atoms with van der Waals surface area (Å²) >= 11 is 0. The van der Waals surface area contributed by atoms with Crippen molar-refractivity contribution in [3.8, 4) is 11.6 Å². The molecule has 6 heteroatoms. The molecule has 148 valence electrons. The van der Waals surface area contributed by atoms with Gasteiger partial charge in [-0.3, -0.25) is 9.59 Å². The first-order valence-corrected chi connectivity index (χ1v) is 9.70. The molecule has 2 amide bonds. The number of aromatic nitrogens is 1. The second kappa shape index (κ2) is 8.42. The lowest BCUT2D eigenvalue weighted by atomic mass is 9.96. The van der Waals surface area contributed by atoms with E-state index in [9.17, 15) is 9.59 Å². The average molecular weight is 381 g/mol. The number of nitrogens with zero attached hydrogens (tertiary/aromatic N) is 2. The number of amides is 2. The highest BCUT2D eigenvalue weighted by atomic mass is 16.5. The predicted molar refractivity (Wildman–Crippen MR) is 107 cm³/mol. The molecule has 1 aliphatic rings. The van der Waals surface area contributed by atoms with Crippen molar-refractivity contribution >= 4 is 11.8 Å². The highest BCUT2D eigenvalue weighted by molar-refractivity contribution is 6.01.